The summed E-state index contributed by atoms with van der Waals surface area (Å²) < 4.78 is 0. The molecule has 0 heterocycles. The summed E-state index contributed by atoms with van der Waals surface area (Å²) in [6, 6.07) is 3.95. The molecule has 2 N–H and O–H groups in total. The fraction of sp³-hybridized carbons (Fsp3) is 0.462. The number of nitrogens with zero attached hydrogens (tertiary/aromatic N) is 2. The second kappa shape index (κ2) is 6.17. The molecule has 0 bridgehead atoms. The fourth-order valence-electron chi connectivity index (χ4n) is 1.83. The SMILES string of the molecule is CCCN(C(=O)c1cc([N+](=O)[O-])ccc1N)C(C)C. The second-order valence-electron chi connectivity index (χ2n) is 4.62. The highest BCUT2D eigenvalue weighted by Gasteiger charge is 2.22. The molecule has 6 heteroatoms. The average molecular weight is 265 g/mol. The summed E-state index contributed by atoms with van der Waals surface area (Å²) in [5, 5.41) is 10.8. The van der Waals surface area contributed by atoms with E-state index in [-0.39, 0.29) is 28.9 Å². The number of hydrogen-bond acceptors (Lipinski definition) is 4. The van der Waals surface area contributed by atoms with E-state index in [0.29, 0.717) is 6.54 Å². The quantitative estimate of drug-likeness (QED) is 0.503. The number of nitro groups is 1. The van der Waals surface area contributed by atoms with Crippen LogP contribution in [0.3, 0.4) is 0 Å². The number of benzene rings is 1. The van der Waals surface area contributed by atoms with Crippen molar-refractivity contribution in [3.05, 3.63) is 33.9 Å². The molecule has 0 spiro atoms. The zero-order chi connectivity index (χ0) is 14.6. The minimum atomic E-state index is -0.532. The summed E-state index contributed by atoms with van der Waals surface area (Å²) in [7, 11) is 0. The van der Waals surface area contributed by atoms with E-state index in [4.69, 9.17) is 5.73 Å². The van der Waals surface area contributed by atoms with Crippen LogP contribution in [-0.2, 0) is 0 Å². The molecule has 0 aliphatic carbocycles. The third-order valence-electron chi connectivity index (χ3n) is 2.83. The first-order valence-electron chi connectivity index (χ1n) is 6.23. The van der Waals surface area contributed by atoms with Gasteiger partial charge in [0.2, 0.25) is 0 Å². The topological polar surface area (TPSA) is 89.5 Å². The smallest absolute Gasteiger partial charge is 0.270 e. The summed E-state index contributed by atoms with van der Waals surface area (Å²) in [5.74, 6) is -0.266. The molecule has 0 saturated heterocycles. The molecule has 0 unspecified atom stereocenters. The number of hydrogen-bond donors (Lipinski definition) is 1. The van der Waals surface area contributed by atoms with Gasteiger partial charge in [0.1, 0.15) is 0 Å². The minimum Gasteiger partial charge on any atom is -0.398 e. The Bertz CT molecular complexity index is 486. The van der Waals surface area contributed by atoms with Gasteiger partial charge in [-0.3, -0.25) is 14.9 Å². The molecule has 1 amide bonds. The number of nitrogen functional groups attached to an aromatic ring is 1. The van der Waals surface area contributed by atoms with E-state index in [9.17, 15) is 14.9 Å². The number of rotatable bonds is 5. The Hall–Kier alpha value is -2.11. The third kappa shape index (κ3) is 3.43. The van der Waals surface area contributed by atoms with Gasteiger partial charge in [-0.05, 0) is 26.3 Å². The van der Waals surface area contributed by atoms with Crippen molar-refractivity contribution in [2.24, 2.45) is 0 Å². The number of nitrogens with two attached hydrogens (primary N) is 1. The number of amides is 1. The first-order valence-corrected chi connectivity index (χ1v) is 6.23. The Morgan fingerprint density at radius 2 is 2.11 bits per heavy atom. The highest BCUT2D eigenvalue weighted by atomic mass is 16.6. The number of non-ortho nitro benzene ring substituents is 1. The van der Waals surface area contributed by atoms with E-state index < -0.39 is 4.92 Å². The molecule has 104 valence electrons. The van der Waals surface area contributed by atoms with Crippen LogP contribution in [0.5, 0.6) is 0 Å². The third-order valence-corrected chi connectivity index (χ3v) is 2.83. The lowest BCUT2D eigenvalue weighted by atomic mass is 10.1. The Morgan fingerprint density at radius 3 is 2.58 bits per heavy atom. The molecule has 0 fully saturated rings. The molecule has 0 radical (unpaired) electrons. The van der Waals surface area contributed by atoms with Crippen LogP contribution < -0.4 is 5.73 Å². The van der Waals surface area contributed by atoms with Crippen LogP contribution in [0.25, 0.3) is 0 Å². The molecule has 6 nitrogen and oxygen atoms in total. The molecule has 0 atom stereocenters. The van der Waals surface area contributed by atoms with Crippen LogP contribution in [-0.4, -0.2) is 28.3 Å². The van der Waals surface area contributed by atoms with Crippen LogP contribution in [0, 0.1) is 10.1 Å². The molecule has 1 rings (SSSR count). The van der Waals surface area contributed by atoms with E-state index in [1.807, 2.05) is 20.8 Å². The van der Waals surface area contributed by atoms with Gasteiger partial charge in [-0.25, -0.2) is 0 Å². The van der Waals surface area contributed by atoms with Gasteiger partial charge in [-0.15, -0.1) is 0 Å². The zero-order valence-electron chi connectivity index (χ0n) is 11.4. The van der Waals surface area contributed by atoms with Crippen LogP contribution >= 0.6 is 0 Å². The van der Waals surface area contributed by atoms with Crippen molar-refractivity contribution in [3.63, 3.8) is 0 Å². The minimum absolute atomic E-state index is 0.0195. The summed E-state index contributed by atoms with van der Waals surface area (Å²) in [6.07, 6.45) is 0.818. The first-order chi connectivity index (χ1) is 8.88. The Kier molecular flexibility index (Phi) is 4.86. The maximum absolute atomic E-state index is 12.4. The summed E-state index contributed by atoms with van der Waals surface area (Å²) in [5.41, 5.74) is 6.08. The van der Waals surface area contributed by atoms with Crippen molar-refractivity contribution in [1.29, 1.82) is 0 Å². The molecule has 0 saturated carbocycles. The lowest BCUT2D eigenvalue weighted by Gasteiger charge is -2.26. The predicted octanol–water partition coefficient (Wildman–Crippen LogP) is 2.44. The molecule has 19 heavy (non-hydrogen) atoms. The first kappa shape index (κ1) is 14.9. The molecule has 1 aromatic carbocycles. The van der Waals surface area contributed by atoms with Gasteiger partial charge >= 0.3 is 0 Å². The monoisotopic (exact) mass is 265 g/mol. The van der Waals surface area contributed by atoms with Gasteiger partial charge in [0.05, 0.1) is 10.5 Å². The number of anilines is 1. The fourth-order valence-corrected chi connectivity index (χ4v) is 1.83. The van der Waals surface area contributed by atoms with Gasteiger partial charge in [0.15, 0.2) is 0 Å². The summed E-state index contributed by atoms with van der Waals surface area (Å²) in [6.45, 7) is 6.38. The second-order valence-corrected chi connectivity index (χ2v) is 4.62. The number of nitro benzene ring substituents is 1. The van der Waals surface area contributed by atoms with Crippen LogP contribution in [0.2, 0.25) is 0 Å². The Morgan fingerprint density at radius 1 is 1.47 bits per heavy atom. The zero-order valence-corrected chi connectivity index (χ0v) is 11.4. The highest BCUT2D eigenvalue weighted by Crippen LogP contribution is 2.22. The molecule has 0 aliphatic rings. The van der Waals surface area contributed by atoms with Crippen LogP contribution in [0.15, 0.2) is 18.2 Å². The van der Waals surface area contributed by atoms with Crippen molar-refractivity contribution in [2.45, 2.75) is 33.2 Å². The molecule has 0 aliphatic heterocycles. The number of carbonyl (C=O) groups excluding carboxylic acids is 1. The molecule has 0 aromatic heterocycles. The van der Waals surface area contributed by atoms with Crippen LogP contribution in [0.1, 0.15) is 37.6 Å². The van der Waals surface area contributed by atoms with Crippen molar-refractivity contribution in [2.75, 3.05) is 12.3 Å². The van der Waals surface area contributed by atoms with E-state index >= 15 is 0 Å². The van der Waals surface area contributed by atoms with E-state index in [2.05, 4.69) is 0 Å². The Labute approximate surface area is 112 Å². The lowest BCUT2D eigenvalue weighted by molar-refractivity contribution is -0.384. The maximum atomic E-state index is 12.4. The van der Waals surface area contributed by atoms with Gasteiger partial charge < -0.3 is 10.6 Å². The normalized spacial score (nSPS) is 10.5. The largest absolute Gasteiger partial charge is 0.398 e. The van der Waals surface area contributed by atoms with Crippen molar-refractivity contribution < 1.29 is 9.72 Å². The summed E-state index contributed by atoms with van der Waals surface area (Å²) in [4.78, 5) is 24.3. The van der Waals surface area contributed by atoms with E-state index in [1.54, 1.807) is 4.90 Å². The predicted molar refractivity (Wildman–Crippen MR) is 74.0 cm³/mol. The van der Waals surface area contributed by atoms with E-state index in [0.717, 1.165) is 6.42 Å². The standard InChI is InChI=1S/C13H19N3O3/c1-4-7-15(9(2)3)13(17)11-8-10(16(18)19)5-6-12(11)14/h5-6,8-9H,4,7,14H2,1-3H3. The van der Waals surface area contributed by atoms with Gasteiger partial charge in [0, 0.05) is 30.4 Å². The summed E-state index contributed by atoms with van der Waals surface area (Å²) >= 11 is 0. The lowest BCUT2D eigenvalue weighted by Crippen LogP contribution is -2.37. The van der Waals surface area contributed by atoms with Gasteiger partial charge in [-0.1, -0.05) is 6.92 Å². The maximum Gasteiger partial charge on any atom is 0.270 e. The van der Waals surface area contributed by atoms with Gasteiger partial charge in [-0.2, -0.15) is 0 Å². The van der Waals surface area contributed by atoms with E-state index in [1.165, 1.54) is 18.2 Å². The average Bonchev–Trinajstić information content (AvgIpc) is 2.35. The number of carbonyl (C=O) groups is 1. The highest BCUT2D eigenvalue weighted by molar-refractivity contribution is 6.00. The van der Waals surface area contributed by atoms with Gasteiger partial charge in [0.25, 0.3) is 11.6 Å². The van der Waals surface area contributed by atoms with Crippen molar-refractivity contribution in [1.82, 2.24) is 4.90 Å². The molecular formula is C13H19N3O3. The molecular weight excluding hydrogens is 246 g/mol. The van der Waals surface area contributed by atoms with Crippen molar-refractivity contribution in [3.8, 4) is 0 Å². The Balaban J connectivity index is 3.16. The molecule has 1 aromatic rings. The van der Waals surface area contributed by atoms with Crippen LogP contribution in [0.4, 0.5) is 11.4 Å². The van der Waals surface area contributed by atoms with Crippen molar-refractivity contribution >= 4 is 17.3 Å².